The molecular formula is C36H42Cl2N6O2S2. The van der Waals surface area contributed by atoms with E-state index in [0.717, 1.165) is 66.2 Å². The number of aliphatic imine (C=N–C) groups is 2. The Balaban J connectivity index is 0.898. The molecule has 0 spiro atoms. The van der Waals surface area contributed by atoms with Crippen LogP contribution in [0.4, 0.5) is 11.4 Å². The number of nitrogens with zero attached hydrogens (tertiary/aromatic N) is 2. The Kier molecular flexibility index (Phi) is 9.66. The molecule has 0 saturated heterocycles. The third-order valence-electron chi connectivity index (χ3n) is 10.2. The summed E-state index contributed by atoms with van der Waals surface area (Å²) in [5.41, 5.74) is 6.12. The molecule has 48 heavy (non-hydrogen) atoms. The maximum atomic E-state index is 11.0. The van der Waals surface area contributed by atoms with E-state index in [2.05, 4.69) is 32.7 Å². The molecule has 8 nitrogen and oxygen atoms in total. The van der Waals surface area contributed by atoms with Gasteiger partial charge in [0.15, 0.2) is 0 Å². The molecule has 2 fully saturated rings. The number of aromatic amines is 2. The molecule has 2 aromatic heterocycles. The van der Waals surface area contributed by atoms with E-state index in [1.165, 1.54) is 51.4 Å². The molecule has 2 aromatic carbocycles. The van der Waals surface area contributed by atoms with Crippen molar-refractivity contribution in [1.82, 2.24) is 9.97 Å². The number of hydrogen-bond donors (Lipinski definition) is 6. The van der Waals surface area contributed by atoms with Gasteiger partial charge in [-0.1, -0.05) is 48.9 Å². The van der Waals surface area contributed by atoms with E-state index in [9.17, 15) is 10.2 Å². The molecule has 2 aliphatic carbocycles. The van der Waals surface area contributed by atoms with Gasteiger partial charge in [0.2, 0.25) is 0 Å². The van der Waals surface area contributed by atoms with Crippen molar-refractivity contribution >= 4 is 90.0 Å². The number of fused-ring (bicyclic) bond motifs is 2. The average molecular weight is 726 g/mol. The van der Waals surface area contributed by atoms with Crippen molar-refractivity contribution in [2.75, 3.05) is 22.1 Å². The Morgan fingerprint density at radius 2 is 1.08 bits per heavy atom. The second-order valence-corrected chi connectivity index (χ2v) is 16.7. The third-order valence-corrected chi connectivity index (χ3v) is 12.9. The first kappa shape index (κ1) is 32.8. The van der Waals surface area contributed by atoms with Crippen LogP contribution in [-0.4, -0.2) is 78.1 Å². The molecule has 4 aliphatic rings. The van der Waals surface area contributed by atoms with Crippen molar-refractivity contribution in [1.29, 1.82) is 0 Å². The van der Waals surface area contributed by atoms with E-state index in [0.29, 0.717) is 35.0 Å². The van der Waals surface area contributed by atoms with Crippen LogP contribution in [-0.2, 0) is 0 Å². The summed E-state index contributed by atoms with van der Waals surface area (Å²) in [4.78, 5) is 17.1. The number of thioether (sulfide) groups is 2. The number of aliphatic hydroxyl groups is 2. The molecule has 4 unspecified atom stereocenters. The molecule has 2 saturated carbocycles. The summed E-state index contributed by atoms with van der Waals surface area (Å²) in [5, 5.41) is 34.9. The van der Waals surface area contributed by atoms with Gasteiger partial charge in [-0.25, -0.2) is 0 Å². The highest BCUT2D eigenvalue weighted by molar-refractivity contribution is 8.15. The van der Waals surface area contributed by atoms with Crippen molar-refractivity contribution in [2.24, 2.45) is 9.98 Å². The van der Waals surface area contributed by atoms with E-state index in [-0.39, 0.29) is 12.1 Å². The minimum Gasteiger partial charge on any atom is -0.390 e. The maximum Gasteiger partial charge on any atom is 0.114 e. The third kappa shape index (κ3) is 7.12. The zero-order chi connectivity index (χ0) is 32.8. The number of aliphatic hydroxyl groups excluding tert-OH is 2. The largest absolute Gasteiger partial charge is 0.390 e. The standard InChI is InChI=1S/C36H42Cl2N6O2S2/c37-21-9-19-11-29(43-33(19)27(13-21)39-23-5-1-2-6-23)35-41-25(17-47-35)15-31(45)32(46)16-26-18-48-36(42-26)30-12-20-10-22(38)14-28(34(20)44-30)40-24-7-3-4-8-24/h9-14,23-26,31-32,39-40,43-46H,1-8,15-18H2. The topological polar surface area (TPSA) is 121 Å². The molecule has 0 bridgehead atoms. The lowest BCUT2D eigenvalue weighted by atomic mass is 10.0. The van der Waals surface area contributed by atoms with E-state index in [1.807, 2.05) is 24.3 Å². The fourth-order valence-electron chi connectivity index (χ4n) is 7.69. The zero-order valence-corrected chi connectivity index (χ0v) is 29.9. The lowest BCUT2D eigenvalue weighted by Gasteiger charge is -2.21. The summed E-state index contributed by atoms with van der Waals surface area (Å²) >= 11 is 16.3. The zero-order valence-electron chi connectivity index (χ0n) is 26.8. The minimum absolute atomic E-state index is 0.0667. The summed E-state index contributed by atoms with van der Waals surface area (Å²) < 4.78 is 0. The number of benzene rings is 2. The second-order valence-electron chi connectivity index (χ2n) is 13.9. The van der Waals surface area contributed by atoms with Crippen LogP contribution in [0, 0.1) is 0 Å². The maximum absolute atomic E-state index is 11.0. The van der Waals surface area contributed by atoms with Crippen LogP contribution >= 0.6 is 46.7 Å². The summed E-state index contributed by atoms with van der Waals surface area (Å²) in [6, 6.07) is 13.1. The first-order valence-electron chi connectivity index (χ1n) is 17.3. The Hall–Kier alpha value is -2.34. The van der Waals surface area contributed by atoms with E-state index in [1.54, 1.807) is 23.5 Å². The molecule has 0 radical (unpaired) electrons. The van der Waals surface area contributed by atoms with Crippen LogP contribution in [0.3, 0.4) is 0 Å². The normalized spacial score (nSPS) is 23.3. The number of rotatable bonds is 11. The smallest absolute Gasteiger partial charge is 0.114 e. The first-order chi connectivity index (χ1) is 23.3. The van der Waals surface area contributed by atoms with Crippen LogP contribution in [0.5, 0.6) is 0 Å². The van der Waals surface area contributed by atoms with Crippen molar-refractivity contribution in [2.45, 2.75) is 101 Å². The van der Waals surface area contributed by atoms with Gasteiger partial charge >= 0.3 is 0 Å². The second kappa shape index (κ2) is 14.1. The van der Waals surface area contributed by atoms with E-state index in [4.69, 9.17) is 33.2 Å². The highest BCUT2D eigenvalue weighted by Gasteiger charge is 2.30. The molecule has 6 N–H and O–H groups in total. The van der Waals surface area contributed by atoms with Crippen molar-refractivity contribution < 1.29 is 10.2 Å². The van der Waals surface area contributed by atoms with Gasteiger partial charge in [-0.2, -0.15) is 0 Å². The van der Waals surface area contributed by atoms with Gasteiger partial charge in [0.25, 0.3) is 0 Å². The van der Waals surface area contributed by atoms with Crippen molar-refractivity contribution in [3.8, 4) is 0 Å². The number of aromatic nitrogens is 2. The number of anilines is 2. The Bertz CT molecular complexity index is 1730. The van der Waals surface area contributed by atoms with Crippen LogP contribution in [0.15, 0.2) is 46.4 Å². The molecule has 12 heteroatoms. The summed E-state index contributed by atoms with van der Waals surface area (Å²) in [5.74, 6) is 1.54. The molecule has 4 aromatic rings. The highest BCUT2D eigenvalue weighted by atomic mass is 35.5. The Labute approximate surface area is 299 Å². The van der Waals surface area contributed by atoms with Crippen molar-refractivity contribution in [3.05, 3.63) is 57.8 Å². The van der Waals surface area contributed by atoms with Gasteiger partial charge in [-0.15, -0.1) is 23.5 Å². The predicted octanol–water partition coefficient (Wildman–Crippen LogP) is 8.59. The van der Waals surface area contributed by atoms with E-state index < -0.39 is 12.2 Å². The SMILES string of the molecule is OC(CC1CSC(c2cc3cc(Cl)cc(NC4CCCC4)c3[nH]2)=N1)C(O)CC1CSC(c2cc3cc(Cl)cc(NC4CCCC4)c3[nH]2)=N1. The molecule has 4 atom stereocenters. The summed E-state index contributed by atoms with van der Waals surface area (Å²) in [6.45, 7) is 0. The Morgan fingerprint density at radius 1 is 0.667 bits per heavy atom. The van der Waals surface area contributed by atoms with Gasteiger partial charge in [0.05, 0.1) is 58.1 Å². The number of H-pyrrole nitrogens is 2. The minimum atomic E-state index is -0.869. The average Bonchev–Trinajstić information content (AvgIpc) is 3.89. The highest BCUT2D eigenvalue weighted by Crippen LogP contribution is 2.36. The lowest BCUT2D eigenvalue weighted by molar-refractivity contribution is 0.00527. The molecule has 254 valence electrons. The fourth-order valence-corrected chi connectivity index (χ4v) is 10.2. The van der Waals surface area contributed by atoms with Crippen LogP contribution < -0.4 is 10.6 Å². The van der Waals surface area contributed by atoms with Gasteiger partial charge in [-0.05, 0) is 74.9 Å². The van der Waals surface area contributed by atoms with Crippen LogP contribution in [0.1, 0.15) is 75.6 Å². The summed E-state index contributed by atoms with van der Waals surface area (Å²) in [6.07, 6.45) is 8.89. The molecule has 4 heterocycles. The predicted molar refractivity (Wildman–Crippen MR) is 205 cm³/mol. The number of halogens is 2. The van der Waals surface area contributed by atoms with E-state index >= 15 is 0 Å². The van der Waals surface area contributed by atoms with Gasteiger partial charge in [-0.3, -0.25) is 9.98 Å². The Morgan fingerprint density at radius 3 is 1.50 bits per heavy atom. The van der Waals surface area contributed by atoms with Gasteiger partial charge in [0.1, 0.15) is 10.1 Å². The fraction of sp³-hybridized carbons (Fsp3) is 0.500. The summed E-state index contributed by atoms with van der Waals surface area (Å²) in [7, 11) is 0. The molecular weight excluding hydrogens is 683 g/mol. The van der Waals surface area contributed by atoms with Crippen LogP contribution in [0.25, 0.3) is 21.8 Å². The van der Waals surface area contributed by atoms with Gasteiger partial charge < -0.3 is 30.8 Å². The van der Waals surface area contributed by atoms with Gasteiger partial charge in [0, 0.05) is 44.4 Å². The number of nitrogens with one attached hydrogen (secondary N) is 4. The lowest BCUT2D eigenvalue weighted by Crippen LogP contribution is -2.32. The molecule has 2 aliphatic heterocycles. The molecule has 8 rings (SSSR count). The quantitative estimate of drug-likeness (QED) is 0.0922. The van der Waals surface area contributed by atoms with Crippen LogP contribution in [0.2, 0.25) is 10.0 Å². The monoisotopic (exact) mass is 724 g/mol. The first-order valence-corrected chi connectivity index (χ1v) is 20.0. The van der Waals surface area contributed by atoms with Crippen molar-refractivity contribution in [3.63, 3.8) is 0 Å². The number of hydrogen-bond acceptors (Lipinski definition) is 8. The molecule has 0 amide bonds.